The lowest BCUT2D eigenvalue weighted by atomic mass is 10.0. The normalized spacial score (nSPS) is 11.7. The van der Waals surface area contributed by atoms with Crippen LogP contribution >= 0.6 is 0 Å². The first-order valence-corrected chi connectivity index (χ1v) is 12.9. The van der Waals surface area contributed by atoms with Crippen LogP contribution in [-0.2, 0) is 0 Å². The van der Waals surface area contributed by atoms with Gasteiger partial charge in [0.15, 0.2) is 0 Å². The minimum Gasteiger partial charge on any atom is -0.315 e. The van der Waals surface area contributed by atoms with E-state index in [1.54, 1.807) is 0 Å². The molecular weight excluding hydrogens is 462 g/mol. The van der Waals surface area contributed by atoms with E-state index < -0.39 is 0 Å². The molecule has 3 heteroatoms. The summed E-state index contributed by atoms with van der Waals surface area (Å²) in [6.45, 7) is 0. The fourth-order valence-corrected chi connectivity index (χ4v) is 5.90. The molecule has 0 aliphatic carbocycles. The van der Waals surface area contributed by atoms with Crippen molar-refractivity contribution >= 4 is 43.5 Å². The van der Waals surface area contributed by atoms with Crippen LogP contribution in [0, 0.1) is 0 Å². The highest BCUT2D eigenvalue weighted by Crippen LogP contribution is 2.40. The highest BCUT2D eigenvalue weighted by molar-refractivity contribution is 6.19. The highest BCUT2D eigenvalue weighted by Gasteiger charge is 2.20. The summed E-state index contributed by atoms with van der Waals surface area (Å²) in [5.74, 6) is 0.944. The molecule has 0 spiro atoms. The summed E-state index contributed by atoms with van der Waals surface area (Å²) in [5, 5.41) is 5.98. The molecule has 0 aliphatic rings. The number of pyridine rings is 1. The number of hydrogen-bond donors (Lipinski definition) is 0. The summed E-state index contributed by atoms with van der Waals surface area (Å²) in [7, 11) is 0. The molecule has 38 heavy (non-hydrogen) atoms. The predicted molar refractivity (Wildman–Crippen MR) is 158 cm³/mol. The zero-order valence-electron chi connectivity index (χ0n) is 20.6. The summed E-state index contributed by atoms with van der Waals surface area (Å²) in [5.41, 5.74) is 6.96. The van der Waals surface area contributed by atoms with Crippen LogP contribution in [0.25, 0.3) is 66.1 Å². The standard InChI is InChI=1S/C35H23N3/c1-3-11-24(12-4-1)31-23-36-35(30-17-8-7-15-27(30)31)38-32-18-10-9-16-28(32)29-20-19-25-21-22-37(33(25)34(29)38)26-13-5-2-6-14-26/h1-23H. The lowest BCUT2D eigenvalue weighted by molar-refractivity contribution is 1.09. The number of benzene rings is 5. The zero-order valence-corrected chi connectivity index (χ0v) is 20.6. The Morgan fingerprint density at radius 3 is 2.00 bits per heavy atom. The van der Waals surface area contributed by atoms with Crippen LogP contribution in [0.5, 0.6) is 0 Å². The van der Waals surface area contributed by atoms with E-state index in [1.165, 1.54) is 38.1 Å². The predicted octanol–water partition coefficient (Wildman–Crippen LogP) is 8.94. The SMILES string of the molecule is c1ccc(-c2cnc(-n3c4ccccc4c4ccc5ccn(-c6ccccc6)c5c43)c3ccccc23)cc1. The molecule has 3 nitrogen and oxygen atoms in total. The Morgan fingerprint density at radius 1 is 0.500 bits per heavy atom. The zero-order chi connectivity index (χ0) is 25.1. The molecule has 8 aromatic rings. The second-order valence-electron chi connectivity index (χ2n) is 9.68. The van der Waals surface area contributed by atoms with E-state index in [0.29, 0.717) is 0 Å². The van der Waals surface area contributed by atoms with Gasteiger partial charge in [0.2, 0.25) is 0 Å². The molecule has 5 aromatic carbocycles. The largest absolute Gasteiger partial charge is 0.315 e. The van der Waals surface area contributed by atoms with Gasteiger partial charge in [0.25, 0.3) is 0 Å². The molecule has 3 heterocycles. The van der Waals surface area contributed by atoms with Crippen molar-refractivity contribution in [2.24, 2.45) is 0 Å². The van der Waals surface area contributed by atoms with E-state index in [-0.39, 0.29) is 0 Å². The number of nitrogens with zero attached hydrogens (tertiary/aromatic N) is 3. The van der Waals surface area contributed by atoms with Crippen molar-refractivity contribution in [3.05, 3.63) is 140 Å². The van der Waals surface area contributed by atoms with Gasteiger partial charge in [-0.1, -0.05) is 103 Å². The second-order valence-corrected chi connectivity index (χ2v) is 9.68. The third-order valence-corrected chi connectivity index (χ3v) is 7.59. The summed E-state index contributed by atoms with van der Waals surface area (Å²) in [4.78, 5) is 5.17. The number of rotatable bonds is 3. The Hall–Kier alpha value is -5.15. The number of hydrogen-bond acceptors (Lipinski definition) is 1. The van der Waals surface area contributed by atoms with Gasteiger partial charge in [-0.05, 0) is 35.2 Å². The molecule has 0 aliphatic heterocycles. The Labute approximate surface area is 219 Å². The van der Waals surface area contributed by atoms with E-state index in [0.717, 1.165) is 28.0 Å². The Morgan fingerprint density at radius 2 is 1.18 bits per heavy atom. The Bertz CT molecular complexity index is 2120. The minimum absolute atomic E-state index is 0.944. The molecule has 0 radical (unpaired) electrons. The molecule has 0 N–H and O–H groups in total. The van der Waals surface area contributed by atoms with Crippen LogP contribution in [0.3, 0.4) is 0 Å². The number of aromatic nitrogens is 3. The Balaban J connectivity index is 1.54. The van der Waals surface area contributed by atoms with E-state index in [2.05, 4.69) is 143 Å². The van der Waals surface area contributed by atoms with Crippen LogP contribution < -0.4 is 0 Å². The molecular formula is C35H23N3. The molecule has 0 fully saturated rings. The van der Waals surface area contributed by atoms with E-state index in [1.807, 2.05) is 6.20 Å². The van der Waals surface area contributed by atoms with Crippen LogP contribution in [-0.4, -0.2) is 14.1 Å². The quantitative estimate of drug-likeness (QED) is 0.245. The molecule has 0 unspecified atom stereocenters. The maximum Gasteiger partial charge on any atom is 0.145 e. The van der Waals surface area contributed by atoms with E-state index >= 15 is 0 Å². The monoisotopic (exact) mass is 485 g/mol. The molecule has 0 saturated heterocycles. The first-order chi connectivity index (χ1) is 18.9. The fraction of sp³-hybridized carbons (Fsp3) is 0. The van der Waals surface area contributed by atoms with Gasteiger partial charge >= 0.3 is 0 Å². The van der Waals surface area contributed by atoms with Crippen LogP contribution in [0.15, 0.2) is 140 Å². The van der Waals surface area contributed by atoms with Crippen LogP contribution in [0.1, 0.15) is 0 Å². The van der Waals surface area contributed by atoms with Gasteiger partial charge in [-0.25, -0.2) is 4.98 Å². The van der Waals surface area contributed by atoms with Gasteiger partial charge in [-0.2, -0.15) is 0 Å². The van der Waals surface area contributed by atoms with Crippen molar-refractivity contribution in [3.63, 3.8) is 0 Å². The maximum absolute atomic E-state index is 5.17. The number of para-hydroxylation sites is 2. The maximum atomic E-state index is 5.17. The van der Waals surface area contributed by atoms with Gasteiger partial charge in [-0.3, -0.25) is 4.57 Å². The van der Waals surface area contributed by atoms with Crippen molar-refractivity contribution in [1.82, 2.24) is 14.1 Å². The number of fused-ring (bicyclic) bond motifs is 6. The fourth-order valence-electron chi connectivity index (χ4n) is 5.90. The topological polar surface area (TPSA) is 22.8 Å². The van der Waals surface area contributed by atoms with Crippen molar-refractivity contribution in [2.75, 3.05) is 0 Å². The van der Waals surface area contributed by atoms with Gasteiger partial charge in [-0.15, -0.1) is 0 Å². The Kier molecular flexibility index (Phi) is 4.52. The van der Waals surface area contributed by atoms with Gasteiger partial charge in [0.1, 0.15) is 5.82 Å². The average Bonchev–Trinajstić information content (AvgIpc) is 3.57. The minimum atomic E-state index is 0.944. The smallest absolute Gasteiger partial charge is 0.145 e. The lowest BCUT2D eigenvalue weighted by Crippen LogP contribution is -2.01. The van der Waals surface area contributed by atoms with E-state index in [9.17, 15) is 0 Å². The summed E-state index contributed by atoms with van der Waals surface area (Å²) >= 11 is 0. The van der Waals surface area contributed by atoms with Crippen molar-refractivity contribution in [2.45, 2.75) is 0 Å². The molecule has 0 amide bonds. The molecule has 8 rings (SSSR count). The third kappa shape index (κ3) is 2.99. The average molecular weight is 486 g/mol. The molecule has 3 aromatic heterocycles. The van der Waals surface area contributed by atoms with Crippen molar-refractivity contribution in [3.8, 4) is 22.6 Å². The molecule has 0 bridgehead atoms. The molecule has 0 atom stereocenters. The van der Waals surface area contributed by atoms with E-state index in [4.69, 9.17) is 4.98 Å². The first kappa shape index (κ1) is 21.0. The summed E-state index contributed by atoms with van der Waals surface area (Å²) < 4.78 is 4.66. The van der Waals surface area contributed by atoms with Crippen LogP contribution in [0.4, 0.5) is 0 Å². The van der Waals surface area contributed by atoms with Crippen LogP contribution in [0.2, 0.25) is 0 Å². The summed E-state index contributed by atoms with van der Waals surface area (Å²) in [6, 6.07) is 45.1. The molecule has 0 saturated carbocycles. The summed E-state index contributed by atoms with van der Waals surface area (Å²) in [6.07, 6.45) is 4.20. The second kappa shape index (κ2) is 8.19. The lowest BCUT2D eigenvalue weighted by Gasteiger charge is -2.15. The van der Waals surface area contributed by atoms with Crippen molar-refractivity contribution < 1.29 is 0 Å². The van der Waals surface area contributed by atoms with Gasteiger partial charge in [0.05, 0.1) is 16.6 Å². The van der Waals surface area contributed by atoms with Gasteiger partial charge < -0.3 is 4.57 Å². The first-order valence-electron chi connectivity index (χ1n) is 12.9. The molecule has 178 valence electrons. The third-order valence-electron chi connectivity index (χ3n) is 7.59. The highest BCUT2D eigenvalue weighted by atomic mass is 15.1. The van der Waals surface area contributed by atoms with Crippen molar-refractivity contribution in [1.29, 1.82) is 0 Å². The van der Waals surface area contributed by atoms with Gasteiger partial charge in [0, 0.05) is 45.2 Å².